The number of nitrogens with zero attached hydrogens (tertiary/aromatic N) is 1. The molecule has 0 aromatic heterocycles. The Morgan fingerprint density at radius 3 is 2.49 bits per heavy atom. The van der Waals surface area contributed by atoms with Crippen LogP contribution in [-0.4, -0.2) is 74.5 Å². The van der Waals surface area contributed by atoms with Crippen molar-refractivity contribution in [2.45, 2.75) is 42.7 Å². The van der Waals surface area contributed by atoms with Crippen molar-refractivity contribution in [3.8, 4) is 0 Å². The minimum atomic E-state index is -4.09. The van der Waals surface area contributed by atoms with E-state index >= 15 is 0 Å². The maximum Gasteiger partial charge on any atom is 0.243 e. The van der Waals surface area contributed by atoms with Gasteiger partial charge in [0, 0.05) is 19.6 Å². The molecule has 11 nitrogen and oxygen atoms in total. The quantitative estimate of drug-likeness (QED) is 0.140. The fourth-order valence-electron chi connectivity index (χ4n) is 4.06. The predicted octanol–water partition coefficient (Wildman–Crippen LogP) is -0.151. The van der Waals surface area contributed by atoms with E-state index < -0.39 is 34.6 Å². The molecular weight excluding hydrogens is 472 g/mol. The average Bonchev–Trinajstić information content (AvgIpc) is 3.33. The zero-order valence-electron chi connectivity index (χ0n) is 19.4. The van der Waals surface area contributed by atoms with E-state index in [4.69, 9.17) is 11.1 Å². The van der Waals surface area contributed by atoms with Gasteiger partial charge in [0.25, 0.3) is 0 Å². The monoisotopic (exact) mass is 504 g/mol. The van der Waals surface area contributed by atoms with Crippen LogP contribution in [0.25, 0.3) is 10.8 Å². The number of likely N-dealkylation sites (tertiary alicyclic amines) is 1. The summed E-state index contributed by atoms with van der Waals surface area (Å²) in [5.74, 6) is -1.06. The number of fused-ring (bicyclic) bond motifs is 1. The Morgan fingerprint density at radius 1 is 1.11 bits per heavy atom. The Bertz CT molecular complexity index is 1170. The largest absolute Gasteiger partial charge is 0.394 e. The van der Waals surface area contributed by atoms with Crippen molar-refractivity contribution in [2.24, 2.45) is 5.73 Å². The van der Waals surface area contributed by atoms with E-state index in [0.29, 0.717) is 45.3 Å². The fourth-order valence-corrected chi connectivity index (χ4v) is 5.28. The highest BCUT2D eigenvalue weighted by Crippen LogP contribution is 2.21. The number of hydrogen-bond acceptors (Lipinski definition) is 6. The number of nitrogens with one attached hydrogen (secondary N) is 4. The standard InChI is InChI=1S/C23H32N6O5S/c24-23(25)27-12-4-3-11-26-21(31)20-8-5-13-29(20)22(32)19(15-30)28-35(33,34)18-10-9-16-6-1-2-7-17(16)14-18/h1-2,6-7,9-10,14,19-20,28,30H,3-5,8,11-13,15H2,(H,26,31)(H4,24,25,27)/t19-,20+/m0/s1. The lowest BCUT2D eigenvalue weighted by atomic mass is 10.1. The molecule has 1 aliphatic heterocycles. The van der Waals surface area contributed by atoms with E-state index in [0.717, 1.165) is 10.8 Å². The van der Waals surface area contributed by atoms with Crippen LogP contribution in [0.2, 0.25) is 0 Å². The van der Waals surface area contributed by atoms with Gasteiger partial charge in [-0.15, -0.1) is 0 Å². The molecule has 0 bridgehead atoms. The number of nitrogens with two attached hydrogens (primary N) is 1. The van der Waals surface area contributed by atoms with Crippen molar-refractivity contribution in [1.29, 1.82) is 5.41 Å². The van der Waals surface area contributed by atoms with Gasteiger partial charge in [-0.3, -0.25) is 15.0 Å². The molecule has 3 rings (SSSR count). The summed E-state index contributed by atoms with van der Waals surface area (Å²) < 4.78 is 28.2. The van der Waals surface area contributed by atoms with Gasteiger partial charge in [0.15, 0.2) is 5.96 Å². The molecule has 7 N–H and O–H groups in total. The summed E-state index contributed by atoms with van der Waals surface area (Å²) >= 11 is 0. The van der Waals surface area contributed by atoms with Crippen LogP contribution in [0.3, 0.4) is 0 Å². The second-order valence-electron chi connectivity index (χ2n) is 8.39. The van der Waals surface area contributed by atoms with Gasteiger partial charge in [-0.2, -0.15) is 4.72 Å². The Kier molecular flexibility index (Phi) is 9.01. The van der Waals surface area contributed by atoms with E-state index in [-0.39, 0.29) is 16.8 Å². The number of aliphatic hydroxyl groups excluding tert-OH is 1. The molecule has 2 aromatic rings. The zero-order valence-corrected chi connectivity index (χ0v) is 20.2. The maximum absolute atomic E-state index is 13.1. The molecule has 0 unspecified atom stereocenters. The highest BCUT2D eigenvalue weighted by Gasteiger charge is 2.38. The molecule has 2 aromatic carbocycles. The number of carbonyl (C=O) groups is 2. The Hall–Kier alpha value is -3.22. The van der Waals surface area contributed by atoms with E-state index in [1.165, 1.54) is 17.0 Å². The summed E-state index contributed by atoms with van der Waals surface area (Å²) in [6, 6.07) is 9.80. The molecule has 0 spiro atoms. The molecule has 1 aliphatic rings. The summed E-state index contributed by atoms with van der Waals surface area (Å²) in [6.07, 6.45) is 2.43. The molecule has 2 atom stereocenters. The number of rotatable bonds is 11. The lowest BCUT2D eigenvalue weighted by molar-refractivity contribution is -0.140. The molecule has 2 amide bonds. The third kappa shape index (κ3) is 6.90. The normalized spacial score (nSPS) is 16.7. The fraction of sp³-hybridized carbons (Fsp3) is 0.435. The number of sulfonamides is 1. The van der Waals surface area contributed by atoms with Crippen LogP contribution in [0.1, 0.15) is 25.7 Å². The van der Waals surface area contributed by atoms with Crippen LogP contribution >= 0.6 is 0 Å². The third-order valence-corrected chi connectivity index (χ3v) is 7.34. The minimum absolute atomic E-state index is 0.0163. The van der Waals surface area contributed by atoms with Gasteiger partial charge in [0.2, 0.25) is 21.8 Å². The molecule has 0 aliphatic carbocycles. The first-order valence-electron chi connectivity index (χ1n) is 11.5. The van der Waals surface area contributed by atoms with Gasteiger partial charge in [-0.05, 0) is 48.6 Å². The van der Waals surface area contributed by atoms with Gasteiger partial charge >= 0.3 is 0 Å². The summed E-state index contributed by atoms with van der Waals surface area (Å²) in [5.41, 5.74) is 5.22. The first-order chi connectivity index (χ1) is 16.7. The SMILES string of the molecule is N=C(N)NCCCCNC(=O)[C@H]1CCCN1C(=O)[C@H](CO)NS(=O)(=O)c1ccc2ccccc2c1. The lowest BCUT2D eigenvalue weighted by Crippen LogP contribution is -2.54. The number of hydrogen-bond donors (Lipinski definition) is 6. The third-order valence-electron chi connectivity index (χ3n) is 5.87. The van der Waals surface area contributed by atoms with Crippen LogP contribution in [0.4, 0.5) is 0 Å². The number of benzene rings is 2. The molecule has 1 fully saturated rings. The summed E-state index contributed by atoms with van der Waals surface area (Å²) in [6.45, 7) is 0.483. The van der Waals surface area contributed by atoms with Crippen molar-refractivity contribution in [2.75, 3.05) is 26.2 Å². The smallest absolute Gasteiger partial charge is 0.243 e. The topological polar surface area (TPSA) is 178 Å². The van der Waals surface area contributed by atoms with Gasteiger partial charge in [-0.1, -0.05) is 30.3 Å². The van der Waals surface area contributed by atoms with Crippen LogP contribution in [0.5, 0.6) is 0 Å². The number of amides is 2. The summed E-state index contributed by atoms with van der Waals surface area (Å²) in [4.78, 5) is 27.1. The van der Waals surface area contributed by atoms with Crippen LogP contribution in [0.15, 0.2) is 47.4 Å². The van der Waals surface area contributed by atoms with Crippen LogP contribution in [-0.2, 0) is 19.6 Å². The molecule has 190 valence electrons. The average molecular weight is 505 g/mol. The molecule has 1 heterocycles. The molecule has 0 saturated carbocycles. The second kappa shape index (κ2) is 12.0. The minimum Gasteiger partial charge on any atom is -0.394 e. The molecule has 0 radical (unpaired) electrons. The lowest BCUT2D eigenvalue weighted by Gasteiger charge is -2.28. The van der Waals surface area contributed by atoms with Crippen molar-refractivity contribution in [3.63, 3.8) is 0 Å². The Labute approximate surface area is 204 Å². The van der Waals surface area contributed by atoms with Gasteiger partial charge in [0.05, 0.1) is 11.5 Å². The van der Waals surface area contributed by atoms with Gasteiger partial charge < -0.3 is 26.4 Å². The first kappa shape index (κ1) is 26.4. The molecule has 1 saturated heterocycles. The molecular formula is C23H32N6O5S. The maximum atomic E-state index is 13.1. The number of unbranched alkanes of at least 4 members (excludes halogenated alkanes) is 1. The molecule has 35 heavy (non-hydrogen) atoms. The Balaban J connectivity index is 1.61. The van der Waals surface area contributed by atoms with Crippen LogP contribution < -0.4 is 21.1 Å². The van der Waals surface area contributed by atoms with Crippen molar-refractivity contribution in [3.05, 3.63) is 42.5 Å². The zero-order chi connectivity index (χ0) is 25.4. The summed E-state index contributed by atoms with van der Waals surface area (Å²) in [7, 11) is -4.09. The van der Waals surface area contributed by atoms with E-state index in [1.54, 1.807) is 18.2 Å². The van der Waals surface area contributed by atoms with E-state index in [9.17, 15) is 23.1 Å². The highest BCUT2D eigenvalue weighted by molar-refractivity contribution is 7.89. The van der Waals surface area contributed by atoms with Crippen molar-refractivity contribution < 1.29 is 23.1 Å². The van der Waals surface area contributed by atoms with Gasteiger partial charge in [-0.25, -0.2) is 8.42 Å². The molecule has 12 heteroatoms. The number of carbonyl (C=O) groups excluding carboxylic acids is 2. The number of guanidine groups is 1. The highest BCUT2D eigenvalue weighted by atomic mass is 32.2. The second-order valence-corrected chi connectivity index (χ2v) is 10.1. The van der Waals surface area contributed by atoms with E-state index in [2.05, 4.69) is 15.4 Å². The van der Waals surface area contributed by atoms with Crippen LogP contribution in [0, 0.1) is 5.41 Å². The van der Waals surface area contributed by atoms with Gasteiger partial charge in [0.1, 0.15) is 12.1 Å². The number of aliphatic hydroxyl groups is 1. The Morgan fingerprint density at radius 2 is 1.80 bits per heavy atom. The first-order valence-corrected chi connectivity index (χ1v) is 13.0. The van der Waals surface area contributed by atoms with E-state index in [1.807, 2.05) is 12.1 Å². The van der Waals surface area contributed by atoms with Crippen molar-refractivity contribution >= 4 is 38.6 Å². The van der Waals surface area contributed by atoms with Crippen molar-refractivity contribution in [1.82, 2.24) is 20.3 Å². The summed E-state index contributed by atoms with van der Waals surface area (Å²) in [5, 5.41) is 24.0. The predicted molar refractivity (Wildman–Crippen MR) is 132 cm³/mol.